The smallest absolute Gasteiger partial charge is 0.266 e. The van der Waals surface area contributed by atoms with Crippen LogP contribution in [0.5, 0.6) is 0 Å². The highest BCUT2D eigenvalue weighted by atomic mass is 35.5. The third-order valence-corrected chi connectivity index (χ3v) is 6.58. The van der Waals surface area contributed by atoms with E-state index in [1.807, 2.05) is 63.2 Å². The summed E-state index contributed by atoms with van der Waals surface area (Å²) in [5.41, 5.74) is 4.72. The van der Waals surface area contributed by atoms with Crippen LogP contribution in [0.4, 0.5) is 5.69 Å². The summed E-state index contributed by atoms with van der Waals surface area (Å²) in [7, 11) is 0. The Bertz CT molecular complexity index is 1380. The van der Waals surface area contributed by atoms with Crippen LogP contribution >= 0.6 is 23.4 Å². The van der Waals surface area contributed by atoms with Crippen molar-refractivity contribution in [1.29, 1.82) is 0 Å². The molecular weight excluding hydrogens is 442 g/mol. The van der Waals surface area contributed by atoms with E-state index < -0.39 is 0 Å². The normalized spacial score (nSPS) is 11.0. The Balaban J connectivity index is 1.70. The minimum absolute atomic E-state index is 0.109. The van der Waals surface area contributed by atoms with Crippen LogP contribution in [0.1, 0.15) is 16.7 Å². The van der Waals surface area contributed by atoms with Gasteiger partial charge in [-0.15, -0.1) is 0 Å². The highest BCUT2D eigenvalue weighted by Gasteiger charge is 2.16. The number of hydrogen-bond donors (Lipinski definition) is 1. The fourth-order valence-corrected chi connectivity index (χ4v) is 4.46. The molecule has 3 aromatic carbocycles. The molecule has 1 N–H and O–H groups in total. The van der Waals surface area contributed by atoms with Crippen molar-refractivity contribution in [1.82, 2.24) is 9.55 Å². The Labute approximate surface area is 195 Å². The first-order valence-electron chi connectivity index (χ1n) is 10.1. The molecule has 4 aromatic rings. The number of fused-ring (bicyclic) bond motifs is 1. The summed E-state index contributed by atoms with van der Waals surface area (Å²) >= 11 is 7.54. The summed E-state index contributed by atoms with van der Waals surface area (Å²) in [5, 5.41) is 4.49. The first-order chi connectivity index (χ1) is 15.3. The summed E-state index contributed by atoms with van der Waals surface area (Å²) in [4.78, 5) is 30.7. The zero-order valence-corrected chi connectivity index (χ0v) is 19.6. The van der Waals surface area contributed by atoms with Gasteiger partial charge in [-0.25, -0.2) is 4.98 Å². The number of amides is 1. The Morgan fingerprint density at radius 3 is 2.44 bits per heavy atom. The predicted molar refractivity (Wildman–Crippen MR) is 132 cm³/mol. The van der Waals surface area contributed by atoms with Crippen LogP contribution in [-0.2, 0) is 4.79 Å². The number of carbonyl (C=O) groups excluding carboxylic acids is 1. The van der Waals surface area contributed by atoms with E-state index in [0.29, 0.717) is 26.8 Å². The minimum atomic E-state index is -0.201. The van der Waals surface area contributed by atoms with Gasteiger partial charge in [0.25, 0.3) is 5.56 Å². The van der Waals surface area contributed by atoms with E-state index >= 15 is 0 Å². The van der Waals surface area contributed by atoms with Gasteiger partial charge < -0.3 is 5.32 Å². The lowest BCUT2D eigenvalue weighted by Crippen LogP contribution is -2.23. The lowest BCUT2D eigenvalue weighted by molar-refractivity contribution is -0.113. The van der Waals surface area contributed by atoms with Gasteiger partial charge in [0, 0.05) is 10.7 Å². The summed E-state index contributed by atoms with van der Waals surface area (Å²) in [6, 6.07) is 18.5. The number of hydrogen-bond acceptors (Lipinski definition) is 4. The van der Waals surface area contributed by atoms with Crippen LogP contribution < -0.4 is 10.9 Å². The van der Waals surface area contributed by atoms with Crippen LogP contribution in [0.2, 0.25) is 5.02 Å². The van der Waals surface area contributed by atoms with E-state index in [1.54, 1.807) is 18.2 Å². The molecule has 0 aliphatic rings. The number of para-hydroxylation sites is 2. The standard InChI is InChI=1S/C25H22ClN3O2S/c1-15-11-12-18(13-20(15)26)29-24(31)19-9-4-5-10-21(19)27-25(29)32-14-22(30)28-23-16(2)7-6-8-17(23)3/h4-13H,14H2,1-3H3,(H,28,30). The SMILES string of the molecule is Cc1ccc(-n2c(SCC(=O)Nc3c(C)cccc3C)nc3ccccc3c2=O)cc1Cl. The van der Waals surface area contributed by atoms with Crippen LogP contribution in [-0.4, -0.2) is 21.2 Å². The van der Waals surface area contributed by atoms with Crippen molar-refractivity contribution in [2.75, 3.05) is 11.1 Å². The van der Waals surface area contributed by atoms with Crippen molar-refractivity contribution in [2.24, 2.45) is 0 Å². The number of aromatic nitrogens is 2. The lowest BCUT2D eigenvalue weighted by Gasteiger charge is -2.15. The van der Waals surface area contributed by atoms with Crippen molar-refractivity contribution in [2.45, 2.75) is 25.9 Å². The molecule has 1 aromatic heterocycles. The van der Waals surface area contributed by atoms with Crippen molar-refractivity contribution >= 4 is 45.9 Å². The van der Waals surface area contributed by atoms with Crippen molar-refractivity contribution in [3.05, 3.63) is 92.7 Å². The van der Waals surface area contributed by atoms with Gasteiger partial charge in [0.15, 0.2) is 5.16 Å². The van der Waals surface area contributed by atoms with E-state index in [1.165, 1.54) is 16.3 Å². The summed E-state index contributed by atoms with van der Waals surface area (Å²) in [6.45, 7) is 5.82. The van der Waals surface area contributed by atoms with Gasteiger partial charge in [-0.05, 0) is 61.7 Å². The number of rotatable bonds is 5. The Morgan fingerprint density at radius 1 is 1.00 bits per heavy atom. The molecule has 0 aliphatic carbocycles. The zero-order chi connectivity index (χ0) is 22.8. The summed E-state index contributed by atoms with van der Waals surface area (Å²) in [6.07, 6.45) is 0. The third-order valence-electron chi connectivity index (χ3n) is 5.24. The molecule has 0 bridgehead atoms. The minimum Gasteiger partial charge on any atom is -0.325 e. The maximum Gasteiger partial charge on any atom is 0.266 e. The predicted octanol–water partition coefficient (Wildman–Crippen LogP) is 5.70. The van der Waals surface area contributed by atoms with Gasteiger partial charge >= 0.3 is 0 Å². The molecule has 0 saturated carbocycles. The number of nitrogens with one attached hydrogen (secondary N) is 1. The molecule has 32 heavy (non-hydrogen) atoms. The van der Waals surface area contributed by atoms with E-state index in [2.05, 4.69) is 10.3 Å². The topological polar surface area (TPSA) is 64.0 Å². The van der Waals surface area contributed by atoms with Gasteiger partial charge in [-0.1, -0.05) is 59.8 Å². The van der Waals surface area contributed by atoms with Crippen molar-refractivity contribution < 1.29 is 4.79 Å². The highest BCUT2D eigenvalue weighted by molar-refractivity contribution is 7.99. The Kier molecular flexibility index (Phi) is 6.35. The molecule has 0 unspecified atom stereocenters. The molecule has 0 atom stereocenters. The second-order valence-corrected chi connectivity index (χ2v) is 8.94. The molecule has 0 spiro atoms. The van der Waals surface area contributed by atoms with Crippen LogP contribution in [0.15, 0.2) is 70.6 Å². The van der Waals surface area contributed by atoms with Crippen LogP contribution in [0.3, 0.4) is 0 Å². The molecule has 4 rings (SSSR count). The monoisotopic (exact) mass is 463 g/mol. The molecule has 7 heteroatoms. The highest BCUT2D eigenvalue weighted by Crippen LogP contribution is 2.25. The van der Waals surface area contributed by atoms with Gasteiger partial charge in [-0.3, -0.25) is 14.2 Å². The fourth-order valence-electron chi connectivity index (χ4n) is 3.47. The molecule has 5 nitrogen and oxygen atoms in total. The molecule has 0 radical (unpaired) electrons. The first kappa shape index (κ1) is 22.1. The maximum absolute atomic E-state index is 13.3. The maximum atomic E-state index is 13.3. The van der Waals surface area contributed by atoms with Gasteiger partial charge in [0.2, 0.25) is 5.91 Å². The molecule has 0 saturated heterocycles. The number of benzene rings is 3. The van der Waals surface area contributed by atoms with Crippen LogP contribution in [0.25, 0.3) is 16.6 Å². The zero-order valence-electron chi connectivity index (χ0n) is 18.0. The van der Waals surface area contributed by atoms with Gasteiger partial charge in [-0.2, -0.15) is 0 Å². The van der Waals surface area contributed by atoms with Gasteiger partial charge in [0.05, 0.1) is 22.3 Å². The number of thioether (sulfide) groups is 1. The quantitative estimate of drug-likeness (QED) is 0.305. The number of nitrogens with zero attached hydrogens (tertiary/aromatic N) is 2. The first-order valence-corrected chi connectivity index (χ1v) is 11.5. The molecule has 0 fully saturated rings. The van der Waals surface area contributed by atoms with Crippen LogP contribution in [0, 0.1) is 20.8 Å². The summed E-state index contributed by atoms with van der Waals surface area (Å²) < 4.78 is 1.52. The average molecular weight is 464 g/mol. The average Bonchev–Trinajstić information content (AvgIpc) is 2.77. The number of carbonyl (C=O) groups is 1. The molecule has 0 aliphatic heterocycles. The summed E-state index contributed by atoms with van der Waals surface area (Å²) in [5.74, 6) is -0.0543. The Morgan fingerprint density at radius 2 is 1.72 bits per heavy atom. The van der Waals surface area contributed by atoms with E-state index in [4.69, 9.17) is 11.6 Å². The molecular formula is C25H22ClN3O2S. The largest absolute Gasteiger partial charge is 0.325 e. The van der Waals surface area contributed by atoms with E-state index in [9.17, 15) is 9.59 Å². The fraction of sp³-hybridized carbons (Fsp3) is 0.160. The molecule has 1 heterocycles. The number of halogens is 1. The second kappa shape index (κ2) is 9.18. The van der Waals surface area contributed by atoms with Crippen molar-refractivity contribution in [3.63, 3.8) is 0 Å². The number of anilines is 1. The Hall–Kier alpha value is -3.09. The van der Waals surface area contributed by atoms with Gasteiger partial charge in [0.1, 0.15) is 0 Å². The number of aryl methyl sites for hydroxylation is 3. The second-order valence-electron chi connectivity index (χ2n) is 7.59. The molecule has 162 valence electrons. The van der Waals surface area contributed by atoms with E-state index in [0.717, 1.165) is 22.4 Å². The lowest BCUT2D eigenvalue weighted by atomic mass is 10.1. The van der Waals surface area contributed by atoms with E-state index in [-0.39, 0.29) is 17.2 Å². The van der Waals surface area contributed by atoms with Crippen molar-refractivity contribution in [3.8, 4) is 5.69 Å². The third kappa shape index (κ3) is 4.42. The molecule has 1 amide bonds.